The van der Waals surface area contributed by atoms with Crippen LogP contribution in [0.25, 0.3) is 0 Å². The van der Waals surface area contributed by atoms with Gasteiger partial charge in [0.25, 0.3) is 5.91 Å². The van der Waals surface area contributed by atoms with Gasteiger partial charge >= 0.3 is 0 Å². The SMILES string of the molecule is CC(=O)c1ccc(NC(=O)c2cc(S(=O)(=O)N3CCOCC3)c[nH]2)cc1. The molecule has 8 nitrogen and oxygen atoms in total. The molecule has 1 fully saturated rings. The summed E-state index contributed by atoms with van der Waals surface area (Å²) in [6.07, 6.45) is 1.30. The van der Waals surface area contributed by atoms with E-state index in [0.29, 0.717) is 24.5 Å². The molecule has 1 aliphatic rings. The van der Waals surface area contributed by atoms with Gasteiger partial charge in [0, 0.05) is 30.5 Å². The number of amides is 1. The van der Waals surface area contributed by atoms with Crippen molar-refractivity contribution in [3.63, 3.8) is 0 Å². The van der Waals surface area contributed by atoms with E-state index in [1.807, 2.05) is 0 Å². The first-order valence-corrected chi connectivity index (χ1v) is 9.50. The molecule has 0 unspecified atom stereocenters. The molecule has 0 saturated carbocycles. The average Bonchev–Trinajstić information content (AvgIpc) is 3.14. The number of Topliss-reactive ketones (excluding diaryl/α,β-unsaturated/α-hetero) is 1. The third-order valence-corrected chi connectivity index (χ3v) is 5.93. The molecule has 0 aliphatic carbocycles. The molecule has 0 atom stereocenters. The Morgan fingerprint density at radius 2 is 1.81 bits per heavy atom. The minimum Gasteiger partial charge on any atom is -0.379 e. The summed E-state index contributed by atoms with van der Waals surface area (Å²) in [5.41, 5.74) is 1.18. The molecule has 9 heteroatoms. The quantitative estimate of drug-likeness (QED) is 0.768. The van der Waals surface area contributed by atoms with Crippen LogP contribution in [0.15, 0.2) is 41.4 Å². The number of benzene rings is 1. The second-order valence-corrected chi connectivity index (χ2v) is 7.79. The van der Waals surface area contributed by atoms with Gasteiger partial charge in [0.05, 0.1) is 13.2 Å². The Bertz CT molecular complexity index is 912. The van der Waals surface area contributed by atoms with E-state index >= 15 is 0 Å². The summed E-state index contributed by atoms with van der Waals surface area (Å²) >= 11 is 0. The number of hydrogen-bond donors (Lipinski definition) is 2. The van der Waals surface area contributed by atoms with Crippen LogP contribution in [0.4, 0.5) is 5.69 Å². The van der Waals surface area contributed by atoms with E-state index in [1.165, 1.54) is 23.5 Å². The molecule has 0 bridgehead atoms. The zero-order chi connectivity index (χ0) is 18.7. The van der Waals surface area contributed by atoms with Gasteiger partial charge < -0.3 is 15.0 Å². The molecule has 1 saturated heterocycles. The van der Waals surface area contributed by atoms with Crippen LogP contribution in [0, 0.1) is 0 Å². The van der Waals surface area contributed by atoms with Gasteiger partial charge in [-0.15, -0.1) is 0 Å². The number of nitrogens with zero attached hydrogens (tertiary/aromatic N) is 1. The lowest BCUT2D eigenvalue weighted by Gasteiger charge is -2.25. The number of carbonyl (C=O) groups excluding carboxylic acids is 2. The smallest absolute Gasteiger partial charge is 0.272 e. The van der Waals surface area contributed by atoms with Crippen molar-refractivity contribution in [3.05, 3.63) is 47.8 Å². The number of carbonyl (C=O) groups is 2. The first kappa shape index (κ1) is 18.3. The molecule has 2 heterocycles. The minimum atomic E-state index is -3.66. The van der Waals surface area contributed by atoms with E-state index in [-0.39, 0.29) is 29.5 Å². The van der Waals surface area contributed by atoms with Gasteiger partial charge in [0.2, 0.25) is 10.0 Å². The van der Waals surface area contributed by atoms with Crippen molar-refractivity contribution in [3.8, 4) is 0 Å². The van der Waals surface area contributed by atoms with Crippen molar-refractivity contribution < 1.29 is 22.7 Å². The van der Waals surface area contributed by atoms with Gasteiger partial charge in [-0.05, 0) is 37.3 Å². The maximum Gasteiger partial charge on any atom is 0.272 e. The molecule has 138 valence electrons. The Balaban J connectivity index is 1.72. The molecule has 26 heavy (non-hydrogen) atoms. The second kappa shape index (κ2) is 7.40. The fourth-order valence-corrected chi connectivity index (χ4v) is 3.98. The topological polar surface area (TPSA) is 109 Å². The van der Waals surface area contributed by atoms with Crippen LogP contribution < -0.4 is 5.32 Å². The first-order chi connectivity index (χ1) is 12.4. The molecule has 1 aliphatic heterocycles. The van der Waals surface area contributed by atoms with Crippen molar-refractivity contribution in [1.29, 1.82) is 0 Å². The van der Waals surface area contributed by atoms with Gasteiger partial charge in [-0.2, -0.15) is 4.31 Å². The monoisotopic (exact) mass is 377 g/mol. The highest BCUT2D eigenvalue weighted by molar-refractivity contribution is 7.89. The lowest BCUT2D eigenvalue weighted by Crippen LogP contribution is -2.40. The van der Waals surface area contributed by atoms with Crippen molar-refractivity contribution in [1.82, 2.24) is 9.29 Å². The molecule has 0 radical (unpaired) electrons. The third kappa shape index (κ3) is 3.85. The lowest BCUT2D eigenvalue weighted by atomic mass is 10.1. The highest BCUT2D eigenvalue weighted by Crippen LogP contribution is 2.19. The number of aromatic amines is 1. The number of nitrogens with one attached hydrogen (secondary N) is 2. The summed E-state index contributed by atoms with van der Waals surface area (Å²) in [6.45, 7) is 2.75. The van der Waals surface area contributed by atoms with E-state index in [1.54, 1.807) is 24.3 Å². The maximum atomic E-state index is 12.6. The van der Waals surface area contributed by atoms with Crippen LogP contribution in [-0.2, 0) is 14.8 Å². The van der Waals surface area contributed by atoms with Crippen LogP contribution in [0.3, 0.4) is 0 Å². The molecule has 2 N–H and O–H groups in total. The fourth-order valence-electron chi connectivity index (χ4n) is 2.58. The number of rotatable bonds is 5. The van der Waals surface area contributed by atoms with Gasteiger partial charge in [0.15, 0.2) is 5.78 Å². The normalized spacial score (nSPS) is 15.6. The molecule has 3 rings (SSSR count). The average molecular weight is 377 g/mol. The number of ketones is 1. The van der Waals surface area contributed by atoms with Crippen LogP contribution >= 0.6 is 0 Å². The number of anilines is 1. The van der Waals surface area contributed by atoms with Gasteiger partial charge in [-0.1, -0.05) is 0 Å². The zero-order valence-corrected chi connectivity index (χ0v) is 15.0. The van der Waals surface area contributed by atoms with Crippen molar-refractivity contribution in [2.24, 2.45) is 0 Å². The standard InChI is InChI=1S/C17H19N3O5S/c1-12(21)13-2-4-14(5-3-13)19-17(22)16-10-15(11-18-16)26(23,24)20-6-8-25-9-7-20/h2-5,10-11,18H,6-9H2,1H3,(H,19,22). The number of hydrogen-bond acceptors (Lipinski definition) is 5. The Labute approximate surface area is 151 Å². The van der Waals surface area contributed by atoms with E-state index in [4.69, 9.17) is 4.74 Å². The van der Waals surface area contributed by atoms with Crippen LogP contribution in [-0.4, -0.2) is 55.7 Å². The molecule has 1 aromatic carbocycles. The largest absolute Gasteiger partial charge is 0.379 e. The Kier molecular flexibility index (Phi) is 5.21. The van der Waals surface area contributed by atoms with Gasteiger partial charge in [0.1, 0.15) is 10.6 Å². The van der Waals surface area contributed by atoms with E-state index in [0.717, 1.165) is 0 Å². The van der Waals surface area contributed by atoms with Crippen molar-refractivity contribution in [2.45, 2.75) is 11.8 Å². The molecular formula is C17H19N3O5S. The molecule has 1 aromatic heterocycles. The van der Waals surface area contributed by atoms with Crippen molar-refractivity contribution in [2.75, 3.05) is 31.6 Å². The number of morpholine rings is 1. The maximum absolute atomic E-state index is 12.6. The number of ether oxygens (including phenoxy) is 1. The van der Waals surface area contributed by atoms with Gasteiger partial charge in [-0.3, -0.25) is 9.59 Å². The number of sulfonamides is 1. The Morgan fingerprint density at radius 1 is 1.15 bits per heavy atom. The Hall–Kier alpha value is -2.49. The minimum absolute atomic E-state index is 0.0384. The number of aromatic nitrogens is 1. The summed E-state index contributed by atoms with van der Waals surface area (Å²) in [7, 11) is -3.66. The molecule has 2 aromatic rings. The summed E-state index contributed by atoms with van der Waals surface area (Å²) in [6, 6.07) is 7.76. The summed E-state index contributed by atoms with van der Waals surface area (Å²) in [4.78, 5) is 26.3. The van der Waals surface area contributed by atoms with Crippen LogP contribution in [0.5, 0.6) is 0 Å². The predicted octanol–water partition coefficient (Wildman–Crippen LogP) is 1.49. The zero-order valence-electron chi connectivity index (χ0n) is 14.2. The molecule has 1 amide bonds. The fraction of sp³-hybridized carbons (Fsp3) is 0.294. The summed E-state index contributed by atoms with van der Waals surface area (Å²) in [5.74, 6) is -0.533. The predicted molar refractivity (Wildman–Crippen MR) is 94.8 cm³/mol. The Morgan fingerprint density at radius 3 is 2.42 bits per heavy atom. The van der Waals surface area contributed by atoms with E-state index in [2.05, 4.69) is 10.3 Å². The van der Waals surface area contributed by atoms with Gasteiger partial charge in [-0.25, -0.2) is 8.42 Å². The second-order valence-electron chi connectivity index (χ2n) is 5.85. The highest BCUT2D eigenvalue weighted by atomic mass is 32.2. The third-order valence-electron chi connectivity index (χ3n) is 4.06. The lowest BCUT2D eigenvalue weighted by molar-refractivity contribution is 0.0730. The van der Waals surface area contributed by atoms with Crippen LogP contribution in [0.2, 0.25) is 0 Å². The summed E-state index contributed by atoms with van der Waals surface area (Å²) < 4.78 is 31.6. The molecular weight excluding hydrogens is 358 g/mol. The molecule has 0 spiro atoms. The highest BCUT2D eigenvalue weighted by Gasteiger charge is 2.27. The van der Waals surface area contributed by atoms with E-state index < -0.39 is 15.9 Å². The summed E-state index contributed by atoms with van der Waals surface area (Å²) in [5, 5.41) is 2.66. The van der Waals surface area contributed by atoms with Crippen molar-refractivity contribution >= 4 is 27.4 Å². The van der Waals surface area contributed by atoms with Crippen LogP contribution in [0.1, 0.15) is 27.8 Å². The number of H-pyrrole nitrogens is 1. The first-order valence-electron chi connectivity index (χ1n) is 8.06. The van der Waals surface area contributed by atoms with E-state index in [9.17, 15) is 18.0 Å².